The van der Waals surface area contributed by atoms with E-state index in [0.29, 0.717) is 19.8 Å². The highest BCUT2D eigenvalue weighted by molar-refractivity contribution is 5.70. The van der Waals surface area contributed by atoms with Gasteiger partial charge in [0.05, 0.1) is 19.3 Å². The van der Waals surface area contributed by atoms with Crippen LogP contribution in [0.2, 0.25) is 0 Å². The molecule has 0 aliphatic rings. The number of ether oxygens (including phenoxy) is 1. The maximum Gasteiger partial charge on any atom is 0.145 e. The maximum absolute atomic E-state index is 7.98. The van der Waals surface area contributed by atoms with E-state index in [1.807, 2.05) is 26.0 Å². The highest BCUT2D eigenvalue weighted by Gasteiger charge is 2.14. The third kappa shape index (κ3) is 13.5. The molecule has 1 atom stereocenters. The lowest BCUT2D eigenvalue weighted by molar-refractivity contribution is -0.258. The SMILES string of the molecule is C=C/C=C(\C)c1ccc(NOCCCCCC)c(OC(C)CC)c1.CC(C)(CN)COO. The van der Waals surface area contributed by atoms with E-state index in [1.165, 1.54) is 19.3 Å². The van der Waals surface area contributed by atoms with Crippen molar-refractivity contribution in [3.8, 4) is 5.75 Å². The minimum absolute atomic E-state index is 0.102. The third-order valence-electron chi connectivity index (χ3n) is 5.00. The number of allylic oxidation sites excluding steroid dienone is 3. The standard InChI is InChI=1S/C21H33NO2.C5H13NO2/c1-6-9-10-11-15-23-22-20-14-13-19(17(4)12-7-2)16-21(20)24-18(5)8-3;1-5(2,3-6)4-8-7/h7,12-14,16,18,22H,2,6,8-11,15H2,1,3-5H3;7H,3-4,6H2,1-2H3/b17-12+;. The summed E-state index contributed by atoms with van der Waals surface area (Å²) in [5, 5.41) is 7.98. The average molecular weight is 451 g/mol. The summed E-state index contributed by atoms with van der Waals surface area (Å²) in [6, 6.07) is 6.14. The van der Waals surface area contributed by atoms with Crippen LogP contribution in [0.4, 0.5) is 5.69 Å². The fourth-order valence-electron chi connectivity index (χ4n) is 2.49. The van der Waals surface area contributed by atoms with Crippen molar-refractivity contribution in [3.63, 3.8) is 0 Å². The third-order valence-corrected chi connectivity index (χ3v) is 5.00. The predicted molar refractivity (Wildman–Crippen MR) is 136 cm³/mol. The summed E-state index contributed by atoms with van der Waals surface area (Å²) in [7, 11) is 0. The largest absolute Gasteiger partial charge is 0.488 e. The molecule has 0 aliphatic carbocycles. The number of hydrogen-bond acceptors (Lipinski definition) is 6. The van der Waals surface area contributed by atoms with Gasteiger partial charge in [-0.15, -0.1) is 0 Å². The average Bonchev–Trinajstić information content (AvgIpc) is 2.77. The van der Waals surface area contributed by atoms with Crippen molar-refractivity contribution in [2.24, 2.45) is 11.1 Å². The maximum atomic E-state index is 7.98. The normalized spacial score (nSPS) is 12.6. The summed E-state index contributed by atoms with van der Waals surface area (Å²) in [6.45, 7) is 17.6. The molecule has 1 unspecified atom stereocenters. The summed E-state index contributed by atoms with van der Waals surface area (Å²) in [5.41, 5.74) is 11.4. The summed E-state index contributed by atoms with van der Waals surface area (Å²) in [4.78, 5) is 9.53. The quantitative estimate of drug-likeness (QED) is 0.117. The Morgan fingerprint density at radius 3 is 2.50 bits per heavy atom. The summed E-state index contributed by atoms with van der Waals surface area (Å²) < 4.78 is 6.06. The van der Waals surface area contributed by atoms with Crippen molar-refractivity contribution in [1.82, 2.24) is 0 Å². The van der Waals surface area contributed by atoms with Crippen LogP contribution in [0.15, 0.2) is 36.9 Å². The van der Waals surface area contributed by atoms with Crippen LogP contribution in [0, 0.1) is 5.41 Å². The zero-order chi connectivity index (χ0) is 24.4. The van der Waals surface area contributed by atoms with Crippen molar-refractivity contribution >= 4 is 11.3 Å². The Morgan fingerprint density at radius 2 is 1.97 bits per heavy atom. The molecule has 6 heteroatoms. The van der Waals surface area contributed by atoms with E-state index < -0.39 is 0 Å². The number of unbranched alkanes of at least 4 members (excludes halogenated alkanes) is 3. The first-order valence-corrected chi connectivity index (χ1v) is 11.7. The number of nitrogens with two attached hydrogens (primary N) is 1. The van der Waals surface area contributed by atoms with Gasteiger partial charge in [0.1, 0.15) is 11.4 Å². The molecule has 0 saturated carbocycles. The van der Waals surface area contributed by atoms with Crippen LogP contribution < -0.4 is 16.0 Å². The van der Waals surface area contributed by atoms with Gasteiger partial charge in [-0.05, 0) is 56.5 Å². The second kappa shape index (κ2) is 17.7. The highest BCUT2D eigenvalue weighted by atomic mass is 17.1. The second-order valence-electron chi connectivity index (χ2n) is 8.79. The van der Waals surface area contributed by atoms with Crippen LogP contribution in [0.1, 0.15) is 79.2 Å². The van der Waals surface area contributed by atoms with E-state index >= 15 is 0 Å². The molecule has 6 nitrogen and oxygen atoms in total. The Hall–Kier alpha value is -1.86. The smallest absolute Gasteiger partial charge is 0.145 e. The van der Waals surface area contributed by atoms with Crippen LogP contribution in [-0.2, 0) is 9.73 Å². The summed E-state index contributed by atoms with van der Waals surface area (Å²) in [6.07, 6.45) is 9.70. The van der Waals surface area contributed by atoms with E-state index in [4.69, 9.17) is 20.6 Å². The molecule has 0 fully saturated rings. The number of rotatable bonds is 15. The van der Waals surface area contributed by atoms with Crippen LogP contribution in [0.3, 0.4) is 0 Å². The first-order chi connectivity index (χ1) is 15.2. The van der Waals surface area contributed by atoms with Gasteiger partial charge in [-0.3, -0.25) is 15.6 Å². The molecular formula is C26H46N2O4. The van der Waals surface area contributed by atoms with Crippen molar-refractivity contribution in [2.45, 2.75) is 79.8 Å². The van der Waals surface area contributed by atoms with Gasteiger partial charge in [0.15, 0.2) is 0 Å². The number of nitrogens with one attached hydrogen (secondary N) is 1. The molecule has 0 saturated heterocycles. The lowest BCUT2D eigenvalue weighted by Crippen LogP contribution is -2.28. The predicted octanol–water partition coefficient (Wildman–Crippen LogP) is 6.84. The Kier molecular flexibility index (Phi) is 16.6. The molecule has 184 valence electrons. The van der Waals surface area contributed by atoms with Crippen LogP contribution >= 0.6 is 0 Å². The van der Waals surface area contributed by atoms with Gasteiger partial charge >= 0.3 is 0 Å². The first kappa shape index (κ1) is 30.1. The highest BCUT2D eigenvalue weighted by Crippen LogP contribution is 2.30. The number of anilines is 1. The van der Waals surface area contributed by atoms with Gasteiger partial charge in [-0.1, -0.05) is 71.8 Å². The van der Waals surface area contributed by atoms with E-state index in [9.17, 15) is 0 Å². The number of benzene rings is 1. The van der Waals surface area contributed by atoms with E-state index in [1.54, 1.807) is 6.08 Å². The Morgan fingerprint density at radius 1 is 1.25 bits per heavy atom. The van der Waals surface area contributed by atoms with E-state index in [-0.39, 0.29) is 11.5 Å². The minimum Gasteiger partial charge on any atom is -0.488 e. The van der Waals surface area contributed by atoms with Crippen molar-refractivity contribution in [1.29, 1.82) is 0 Å². The lowest BCUT2D eigenvalue weighted by atomic mass is 9.96. The van der Waals surface area contributed by atoms with Crippen LogP contribution in [0.5, 0.6) is 5.75 Å². The van der Waals surface area contributed by atoms with Gasteiger partial charge in [0, 0.05) is 5.41 Å². The Bertz CT molecular complexity index is 659. The Labute approximate surface area is 195 Å². The van der Waals surface area contributed by atoms with E-state index in [0.717, 1.165) is 35.4 Å². The molecule has 0 aromatic heterocycles. The monoisotopic (exact) mass is 450 g/mol. The summed E-state index contributed by atoms with van der Waals surface area (Å²) >= 11 is 0. The summed E-state index contributed by atoms with van der Waals surface area (Å²) in [5.74, 6) is 0.826. The minimum atomic E-state index is -0.102. The molecule has 0 spiro atoms. The molecule has 4 N–H and O–H groups in total. The second-order valence-corrected chi connectivity index (χ2v) is 8.79. The van der Waals surface area contributed by atoms with Gasteiger partial charge < -0.3 is 10.5 Å². The number of hydrogen-bond donors (Lipinski definition) is 3. The molecule has 0 radical (unpaired) electrons. The molecule has 0 heterocycles. The zero-order valence-corrected chi connectivity index (χ0v) is 21.1. The molecule has 0 amide bonds. The molecule has 0 bridgehead atoms. The first-order valence-electron chi connectivity index (χ1n) is 11.7. The Balaban J connectivity index is 0.00000102. The zero-order valence-electron chi connectivity index (χ0n) is 21.1. The molecule has 32 heavy (non-hydrogen) atoms. The van der Waals surface area contributed by atoms with Crippen LogP contribution in [-0.4, -0.2) is 31.1 Å². The van der Waals surface area contributed by atoms with Gasteiger partial charge in [0.25, 0.3) is 0 Å². The topological polar surface area (TPSA) is 86.0 Å². The van der Waals surface area contributed by atoms with Gasteiger partial charge in [-0.25, -0.2) is 4.89 Å². The van der Waals surface area contributed by atoms with Crippen molar-refractivity contribution < 1.29 is 19.7 Å². The molecule has 1 rings (SSSR count). The van der Waals surface area contributed by atoms with Gasteiger partial charge in [-0.2, -0.15) is 0 Å². The lowest BCUT2D eigenvalue weighted by Gasteiger charge is -2.18. The molecular weight excluding hydrogens is 404 g/mol. The van der Waals surface area contributed by atoms with E-state index in [2.05, 4.69) is 56.8 Å². The molecule has 0 aliphatic heterocycles. The van der Waals surface area contributed by atoms with Crippen molar-refractivity contribution in [3.05, 3.63) is 42.5 Å². The molecule has 1 aromatic rings. The molecule has 1 aromatic carbocycles. The van der Waals surface area contributed by atoms with Crippen molar-refractivity contribution in [2.75, 3.05) is 25.2 Å². The van der Waals surface area contributed by atoms with Gasteiger partial charge in [0.2, 0.25) is 0 Å². The fourth-order valence-corrected chi connectivity index (χ4v) is 2.49. The fraction of sp³-hybridized carbons (Fsp3) is 0.615. The van der Waals surface area contributed by atoms with Crippen LogP contribution in [0.25, 0.3) is 5.57 Å².